The Morgan fingerprint density at radius 2 is 1.81 bits per heavy atom. The van der Waals surface area contributed by atoms with E-state index in [1.807, 2.05) is 35.2 Å². The van der Waals surface area contributed by atoms with Crippen LogP contribution in [0.5, 0.6) is 0 Å². The average Bonchev–Trinajstić information content (AvgIpc) is 2.82. The van der Waals surface area contributed by atoms with Gasteiger partial charge in [-0.15, -0.1) is 0 Å². The second-order valence-corrected chi connectivity index (χ2v) is 8.60. The first-order chi connectivity index (χ1) is 15.4. The van der Waals surface area contributed by atoms with E-state index < -0.39 is 5.60 Å². The summed E-state index contributed by atoms with van der Waals surface area (Å²) in [4.78, 5) is 35.5. The van der Waals surface area contributed by atoms with Crippen LogP contribution in [0.25, 0.3) is 11.3 Å². The van der Waals surface area contributed by atoms with Crippen LogP contribution in [0, 0.1) is 0 Å². The molecule has 0 aliphatic carbocycles. The Bertz CT molecular complexity index is 1110. The summed E-state index contributed by atoms with van der Waals surface area (Å²) >= 11 is 0. The van der Waals surface area contributed by atoms with Gasteiger partial charge in [0.15, 0.2) is 0 Å². The maximum Gasteiger partial charge on any atom is 0.253 e. The van der Waals surface area contributed by atoms with E-state index >= 15 is 0 Å². The maximum atomic E-state index is 12.8. The zero-order chi connectivity index (χ0) is 22.6. The van der Waals surface area contributed by atoms with Gasteiger partial charge in [0.2, 0.25) is 5.91 Å². The van der Waals surface area contributed by atoms with Crippen LogP contribution in [-0.2, 0) is 11.3 Å². The monoisotopic (exact) mass is 432 g/mol. The van der Waals surface area contributed by atoms with Crippen LogP contribution in [0.4, 0.5) is 0 Å². The van der Waals surface area contributed by atoms with E-state index in [1.54, 1.807) is 24.5 Å². The highest BCUT2D eigenvalue weighted by molar-refractivity contribution is 5.77. The predicted molar refractivity (Wildman–Crippen MR) is 122 cm³/mol. The average molecular weight is 433 g/mol. The number of aromatic nitrogens is 3. The zero-order valence-electron chi connectivity index (χ0n) is 18.2. The van der Waals surface area contributed by atoms with Crippen molar-refractivity contribution in [2.75, 3.05) is 13.1 Å². The van der Waals surface area contributed by atoms with Gasteiger partial charge in [0.05, 0.1) is 24.2 Å². The van der Waals surface area contributed by atoms with Gasteiger partial charge in [-0.1, -0.05) is 37.3 Å². The third kappa shape index (κ3) is 5.11. The topological polar surface area (TPSA) is 88.3 Å². The number of benzene rings is 1. The molecule has 2 aromatic heterocycles. The first-order valence-electron chi connectivity index (χ1n) is 11.0. The Morgan fingerprint density at radius 1 is 1.12 bits per heavy atom. The number of rotatable bonds is 6. The molecule has 1 unspecified atom stereocenters. The smallest absolute Gasteiger partial charge is 0.253 e. The molecule has 0 bridgehead atoms. The first kappa shape index (κ1) is 21.9. The number of hydrogen-bond donors (Lipinski definition) is 1. The Kier molecular flexibility index (Phi) is 6.46. The van der Waals surface area contributed by atoms with Gasteiger partial charge in [-0.25, -0.2) is 4.98 Å². The molecule has 1 atom stereocenters. The van der Waals surface area contributed by atoms with E-state index in [4.69, 9.17) is 0 Å². The summed E-state index contributed by atoms with van der Waals surface area (Å²) in [5.41, 5.74) is 1.30. The molecule has 0 radical (unpaired) electrons. The van der Waals surface area contributed by atoms with Crippen LogP contribution in [-0.4, -0.2) is 49.1 Å². The van der Waals surface area contributed by atoms with Gasteiger partial charge in [0.1, 0.15) is 0 Å². The largest absolute Gasteiger partial charge is 0.388 e. The molecule has 166 valence electrons. The Morgan fingerprint density at radius 3 is 2.47 bits per heavy atom. The van der Waals surface area contributed by atoms with Crippen molar-refractivity contribution in [3.63, 3.8) is 0 Å². The van der Waals surface area contributed by atoms with E-state index in [0.717, 1.165) is 11.1 Å². The van der Waals surface area contributed by atoms with Crippen LogP contribution in [0.3, 0.4) is 0 Å². The summed E-state index contributed by atoms with van der Waals surface area (Å²) in [5.74, 6) is 0.247. The minimum absolute atomic E-state index is 0.101. The Labute approximate surface area is 187 Å². The molecular formula is C25H28N4O3. The fourth-order valence-corrected chi connectivity index (χ4v) is 4.16. The molecule has 1 N–H and O–H groups in total. The molecule has 1 aliphatic rings. The summed E-state index contributed by atoms with van der Waals surface area (Å²) in [6.45, 7) is 3.18. The number of piperidine rings is 1. The molecule has 1 amide bonds. The standard InChI is InChI=1S/C25H28N4O3/c1-19(20-5-3-2-4-6-20)15-23(30)28-13-9-25(32,10-14-28)17-29-18-27-22(16-24(29)31)21-7-11-26-12-8-21/h2-8,11-12,16,18-19,32H,9-10,13-15,17H2,1H3. The molecule has 0 spiro atoms. The van der Waals surface area contributed by atoms with E-state index in [2.05, 4.69) is 16.9 Å². The van der Waals surface area contributed by atoms with Gasteiger partial charge in [0.25, 0.3) is 5.56 Å². The number of carbonyl (C=O) groups is 1. The molecule has 1 saturated heterocycles. The predicted octanol–water partition coefficient (Wildman–Crippen LogP) is 2.85. The number of amides is 1. The fourth-order valence-electron chi connectivity index (χ4n) is 4.16. The summed E-state index contributed by atoms with van der Waals surface area (Å²) in [5, 5.41) is 11.1. The van der Waals surface area contributed by atoms with Crippen LogP contribution >= 0.6 is 0 Å². The van der Waals surface area contributed by atoms with E-state index in [-0.39, 0.29) is 23.9 Å². The first-order valence-corrected chi connectivity index (χ1v) is 11.0. The lowest BCUT2D eigenvalue weighted by atomic mass is 9.90. The Balaban J connectivity index is 1.35. The van der Waals surface area contributed by atoms with Crippen LogP contribution < -0.4 is 5.56 Å². The van der Waals surface area contributed by atoms with Crippen LogP contribution in [0.15, 0.2) is 72.0 Å². The molecule has 0 saturated carbocycles. The van der Waals surface area contributed by atoms with E-state index in [1.165, 1.54) is 17.0 Å². The van der Waals surface area contributed by atoms with Gasteiger partial charge in [-0.05, 0) is 36.5 Å². The van der Waals surface area contributed by atoms with Gasteiger partial charge in [0, 0.05) is 43.5 Å². The summed E-state index contributed by atoms with van der Waals surface area (Å²) < 4.78 is 1.44. The van der Waals surface area contributed by atoms with Crippen LogP contribution in [0.1, 0.15) is 37.7 Å². The van der Waals surface area contributed by atoms with Crippen molar-refractivity contribution in [3.05, 3.63) is 83.2 Å². The van der Waals surface area contributed by atoms with Crippen molar-refractivity contribution in [2.45, 2.75) is 44.2 Å². The SMILES string of the molecule is CC(CC(=O)N1CCC(O)(Cn2cnc(-c3ccncc3)cc2=O)CC1)c1ccccc1. The molecule has 4 rings (SSSR count). The zero-order valence-corrected chi connectivity index (χ0v) is 18.2. The third-order valence-electron chi connectivity index (χ3n) is 6.22. The molecule has 3 aromatic rings. The maximum absolute atomic E-state index is 12.8. The van der Waals surface area contributed by atoms with E-state index in [0.29, 0.717) is 38.0 Å². The lowest BCUT2D eigenvalue weighted by molar-refractivity contribution is -0.136. The molecule has 32 heavy (non-hydrogen) atoms. The van der Waals surface area contributed by atoms with Crippen molar-refractivity contribution in [1.82, 2.24) is 19.4 Å². The number of aliphatic hydroxyl groups is 1. The lowest BCUT2D eigenvalue weighted by Crippen LogP contribution is -2.49. The third-order valence-corrected chi connectivity index (χ3v) is 6.22. The molecule has 1 fully saturated rings. The van der Waals surface area contributed by atoms with Crippen molar-refractivity contribution in [3.8, 4) is 11.3 Å². The quantitative estimate of drug-likeness (QED) is 0.647. The van der Waals surface area contributed by atoms with Crippen molar-refractivity contribution < 1.29 is 9.90 Å². The summed E-state index contributed by atoms with van der Waals surface area (Å²) in [6, 6.07) is 15.1. The number of likely N-dealkylation sites (tertiary alicyclic amines) is 1. The second-order valence-electron chi connectivity index (χ2n) is 8.60. The number of hydrogen-bond acceptors (Lipinski definition) is 5. The normalized spacial score (nSPS) is 16.5. The van der Waals surface area contributed by atoms with Gasteiger partial charge < -0.3 is 10.0 Å². The highest BCUT2D eigenvalue weighted by Gasteiger charge is 2.34. The van der Waals surface area contributed by atoms with Crippen LogP contribution in [0.2, 0.25) is 0 Å². The van der Waals surface area contributed by atoms with E-state index in [9.17, 15) is 14.7 Å². The highest BCUT2D eigenvalue weighted by Crippen LogP contribution is 2.26. The van der Waals surface area contributed by atoms with Gasteiger partial charge in [-0.2, -0.15) is 0 Å². The molecule has 3 heterocycles. The number of pyridine rings is 1. The highest BCUT2D eigenvalue weighted by atomic mass is 16.3. The fraction of sp³-hybridized carbons (Fsp3) is 0.360. The molecular weight excluding hydrogens is 404 g/mol. The molecule has 7 heteroatoms. The van der Waals surface area contributed by atoms with Crippen molar-refractivity contribution in [2.24, 2.45) is 0 Å². The van der Waals surface area contributed by atoms with Gasteiger partial charge in [-0.3, -0.25) is 19.1 Å². The number of nitrogens with zero attached hydrogens (tertiary/aromatic N) is 4. The summed E-state index contributed by atoms with van der Waals surface area (Å²) in [7, 11) is 0. The van der Waals surface area contributed by atoms with Crippen molar-refractivity contribution in [1.29, 1.82) is 0 Å². The second kappa shape index (κ2) is 9.44. The van der Waals surface area contributed by atoms with Gasteiger partial charge >= 0.3 is 0 Å². The van der Waals surface area contributed by atoms with Crippen molar-refractivity contribution >= 4 is 5.91 Å². The molecule has 7 nitrogen and oxygen atoms in total. The molecule has 1 aliphatic heterocycles. The molecule has 1 aromatic carbocycles. The minimum Gasteiger partial charge on any atom is -0.388 e. The lowest BCUT2D eigenvalue weighted by Gasteiger charge is -2.38. The number of carbonyl (C=O) groups excluding carboxylic acids is 1. The summed E-state index contributed by atoms with van der Waals surface area (Å²) in [6.07, 6.45) is 6.09. The minimum atomic E-state index is -1.04. The Hall–Kier alpha value is -3.32.